The zero-order valence-corrected chi connectivity index (χ0v) is 18.4. The van der Waals surface area contributed by atoms with Crippen molar-refractivity contribution in [1.29, 1.82) is 0 Å². The van der Waals surface area contributed by atoms with Crippen LogP contribution in [0.2, 0.25) is 0 Å². The Labute approximate surface area is 190 Å². The number of amides is 1. The standard InChI is InChI=1S/C25H27F3N4O/c26-25(27,28)24-29-21-5-1-2-6-22(21)32(24)17-18-11-15-30(16-12-18)20-9-7-19(8-10-20)23(33)31-13-3-4-14-31/h1-2,5-10,18H,3-4,11-17H2. The number of carbonyl (C=O) groups excluding carboxylic acids is 1. The van der Waals surface area contributed by atoms with Crippen molar-refractivity contribution in [2.24, 2.45) is 5.92 Å². The molecule has 0 atom stereocenters. The first-order chi connectivity index (χ1) is 15.9. The smallest absolute Gasteiger partial charge is 0.372 e. The summed E-state index contributed by atoms with van der Waals surface area (Å²) in [5, 5.41) is 0. The number of halogens is 3. The van der Waals surface area contributed by atoms with E-state index in [1.165, 1.54) is 4.57 Å². The molecule has 2 aliphatic heterocycles. The fourth-order valence-corrected chi connectivity index (χ4v) is 5.03. The first kappa shape index (κ1) is 21.8. The van der Waals surface area contributed by atoms with Crippen LogP contribution in [0.1, 0.15) is 41.9 Å². The molecule has 1 aromatic heterocycles. The number of likely N-dealkylation sites (tertiary alicyclic amines) is 1. The van der Waals surface area contributed by atoms with E-state index in [-0.39, 0.29) is 11.8 Å². The fraction of sp³-hybridized carbons (Fsp3) is 0.440. The molecular weight excluding hydrogens is 429 g/mol. The fourth-order valence-electron chi connectivity index (χ4n) is 5.03. The lowest BCUT2D eigenvalue weighted by Gasteiger charge is -2.34. The number of benzene rings is 2. The van der Waals surface area contributed by atoms with Crippen molar-refractivity contribution in [3.05, 3.63) is 59.9 Å². The molecule has 2 aliphatic rings. The van der Waals surface area contributed by atoms with Gasteiger partial charge in [-0.25, -0.2) is 4.98 Å². The summed E-state index contributed by atoms with van der Waals surface area (Å²) in [4.78, 5) is 20.6. The Balaban J connectivity index is 1.24. The minimum Gasteiger partial charge on any atom is -0.372 e. The van der Waals surface area contributed by atoms with Crippen LogP contribution in [0.15, 0.2) is 48.5 Å². The van der Waals surface area contributed by atoms with E-state index in [1.807, 2.05) is 29.2 Å². The van der Waals surface area contributed by atoms with Crippen molar-refractivity contribution in [3.8, 4) is 0 Å². The molecule has 3 heterocycles. The van der Waals surface area contributed by atoms with Crippen LogP contribution < -0.4 is 4.90 Å². The zero-order chi connectivity index (χ0) is 23.0. The van der Waals surface area contributed by atoms with E-state index < -0.39 is 12.0 Å². The van der Waals surface area contributed by atoms with Crippen LogP contribution in [0.4, 0.5) is 18.9 Å². The minimum atomic E-state index is -4.48. The highest BCUT2D eigenvalue weighted by Gasteiger charge is 2.38. The Morgan fingerprint density at radius 3 is 2.27 bits per heavy atom. The van der Waals surface area contributed by atoms with Crippen LogP contribution in [0.25, 0.3) is 11.0 Å². The molecule has 0 aliphatic carbocycles. The minimum absolute atomic E-state index is 0.0887. The third-order valence-electron chi connectivity index (χ3n) is 6.84. The van der Waals surface area contributed by atoms with Gasteiger partial charge in [-0.15, -0.1) is 0 Å². The maximum atomic E-state index is 13.6. The second-order valence-electron chi connectivity index (χ2n) is 9.01. The van der Waals surface area contributed by atoms with Crippen LogP contribution in [0.3, 0.4) is 0 Å². The third kappa shape index (κ3) is 4.43. The van der Waals surface area contributed by atoms with Crippen molar-refractivity contribution in [2.75, 3.05) is 31.1 Å². The largest absolute Gasteiger partial charge is 0.449 e. The highest BCUT2D eigenvalue weighted by molar-refractivity contribution is 5.94. The average molecular weight is 457 g/mol. The Morgan fingerprint density at radius 1 is 0.939 bits per heavy atom. The van der Waals surface area contributed by atoms with Crippen LogP contribution in [0.5, 0.6) is 0 Å². The van der Waals surface area contributed by atoms with Gasteiger partial charge in [0.2, 0.25) is 5.82 Å². The normalized spacial score (nSPS) is 17.8. The molecule has 0 N–H and O–H groups in total. The van der Waals surface area contributed by atoms with Gasteiger partial charge in [-0.3, -0.25) is 4.79 Å². The molecule has 0 radical (unpaired) electrons. The molecule has 33 heavy (non-hydrogen) atoms. The van der Waals surface area contributed by atoms with E-state index in [1.54, 1.807) is 24.3 Å². The topological polar surface area (TPSA) is 41.4 Å². The van der Waals surface area contributed by atoms with Gasteiger partial charge in [-0.2, -0.15) is 13.2 Å². The van der Waals surface area contributed by atoms with E-state index in [2.05, 4.69) is 9.88 Å². The lowest BCUT2D eigenvalue weighted by Crippen LogP contribution is -2.35. The molecule has 8 heteroatoms. The van der Waals surface area contributed by atoms with Crippen LogP contribution >= 0.6 is 0 Å². The first-order valence-electron chi connectivity index (χ1n) is 11.6. The predicted molar refractivity (Wildman–Crippen MR) is 121 cm³/mol. The summed E-state index contributed by atoms with van der Waals surface area (Å²) < 4.78 is 42.1. The highest BCUT2D eigenvalue weighted by Crippen LogP contribution is 2.33. The van der Waals surface area contributed by atoms with Crippen molar-refractivity contribution < 1.29 is 18.0 Å². The van der Waals surface area contributed by atoms with Gasteiger partial charge in [0.1, 0.15) is 0 Å². The van der Waals surface area contributed by atoms with Gasteiger partial charge in [0, 0.05) is 44.0 Å². The second kappa shape index (κ2) is 8.72. The number of carbonyl (C=O) groups is 1. The summed E-state index contributed by atoms with van der Waals surface area (Å²) in [7, 11) is 0. The number of imidazole rings is 1. The van der Waals surface area contributed by atoms with Crippen molar-refractivity contribution >= 4 is 22.6 Å². The zero-order valence-electron chi connectivity index (χ0n) is 18.4. The Kier molecular flexibility index (Phi) is 5.76. The monoisotopic (exact) mass is 456 g/mol. The molecular formula is C25H27F3N4O. The van der Waals surface area contributed by atoms with Crippen LogP contribution in [0, 0.1) is 5.92 Å². The van der Waals surface area contributed by atoms with Crippen molar-refractivity contribution in [1.82, 2.24) is 14.5 Å². The van der Waals surface area contributed by atoms with Gasteiger partial charge in [0.15, 0.2) is 0 Å². The molecule has 0 bridgehead atoms. The molecule has 174 valence electrons. The Bertz CT molecular complexity index is 1120. The molecule has 3 aromatic rings. The lowest BCUT2D eigenvalue weighted by molar-refractivity contribution is -0.147. The number of nitrogens with zero attached hydrogens (tertiary/aromatic N) is 4. The number of fused-ring (bicyclic) bond motifs is 1. The second-order valence-corrected chi connectivity index (χ2v) is 9.01. The van der Waals surface area contributed by atoms with E-state index in [0.29, 0.717) is 23.1 Å². The van der Waals surface area contributed by atoms with E-state index in [0.717, 1.165) is 57.5 Å². The summed E-state index contributed by atoms with van der Waals surface area (Å²) in [5.41, 5.74) is 2.68. The average Bonchev–Trinajstić information content (AvgIpc) is 3.48. The number of hydrogen-bond acceptors (Lipinski definition) is 3. The first-order valence-corrected chi connectivity index (χ1v) is 11.6. The van der Waals surface area contributed by atoms with Gasteiger partial charge in [-0.05, 0) is 68.0 Å². The molecule has 5 rings (SSSR count). The maximum absolute atomic E-state index is 13.6. The van der Waals surface area contributed by atoms with Crippen LogP contribution in [-0.4, -0.2) is 46.5 Å². The molecule has 0 unspecified atom stereocenters. The summed E-state index contributed by atoms with van der Waals surface area (Å²) in [6.45, 7) is 3.52. The molecule has 2 aromatic carbocycles. The molecule has 0 saturated carbocycles. The third-order valence-corrected chi connectivity index (χ3v) is 6.84. The van der Waals surface area contributed by atoms with Gasteiger partial charge < -0.3 is 14.4 Å². The highest BCUT2D eigenvalue weighted by atomic mass is 19.4. The quantitative estimate of drug-likeness (QED) is 0.541. The molecule has 5 nitrogen and oxygen atoms in total. The van der Waals surface area contributed by atoms with Crippen molar-refractivity contribution in [3.63, 3.8) is 0 Å². The Hall–Kier alpha value is -3.03. The number of hydrogen-bond donors (Lipinski definition) is 0. The maximum Gasteiger partial charge on any atom is 0.449 e. The van der Waals surface area contributed by atoms with E-state index in [9.17, 15) is 18.0 Å². The van der Waals surface area contributed by atoms with E-state index in [4.69, 9.17) is 0 Å². The van der Waals surface area contributed by atoms with E-state index >= 15 is 0 Å². The van der Waals surface area contributed by atoms with Crippen molar-refractivity contribution in [2.45, 2.75) is 38.4 Å². The molecule has 1 amide bonds. The summed E-state index contributed by atoms with van der Waals surface area (Å²) in [6.07, 6.45) is -0.735. The molecule has 2 fully saturated rings. The number of rotatable bonds is 4. The predicted octanol–water partition coefficient (Wildman–Crippen LogP) is 5.21. The van der Waals surface area contributed by atoms with Gasteiger partial charge in [-0.1, -0.05) is 12.1 Å². The molecule has 2 saturated heterocycles. The number of alkyl halides is 3. The summed E-state index contributed by atoms with van der Waals surface area (Å²) in [6, 6.07) is 14.5. The number of anilines is 1. The number of para-hydroxylation sites is 2. The number of aromatic nitrogens is 2. The van der Waals surface area contributed by atoms with Gasteiger partial charge >= 0.3 is 6.18 Å². The Morgan fingerprint density at radius 2 is 1.61 bits per heavy atom. The number of piperidine rings is 1. The van der Waals surface area contributed by atoms with Gasteiger partial charge in [0.05, 0.1) is 11.0 Å². The SMILES string of the molecule is O=C(c1ccc(N2CCC(Cn3c(C(F)(F)F)nc4ccccc43)CC2)cc1)N1CCCC1. The summed E-state index contributed by atoms with van der Waals surface area (Å²) >= 11 is 0. The van der Waals surface area contributed by atoms with Gasteiger partial charge in [0.25, 0.3) is 5.91 Å². The summed E-state index contributed by atoms with van der Waals surface area (Å²) in [5.74, 6) is -0.578. The lowest BCUT2D eigenvalue weighted by atomic mass is 9.96. The molecule has 0 spiro atoms. The van der Waals surface area contributed by atoms with Crippen LogP contribution in [-0.2, 0) is 12.7 Å².